The Hall–Kier alpha value is -2.30. The second-order valence-corrected chi connectivity index (χ2v) is 4.86. The van der Waals surface area contributed by atoms with Crippen molar-refractivity contribution in [3.63, 3.8) is 0 Å². The Morgan fingerprint density at radius 3 is 2.65 bits per heavy atom. The van der Waals surface area contributed by atoms with Gasteiger partial charge in [0.05, 0.1) is 5.69 Å². The highest BCUT2D eigenvalue weighted by molar-refractivity contribution is 5.92. The van der Waals surface area contributed by atoms with Crippen molar-refractivity contribution in [3.8, 4) is 0 Å². The molecule has 0 fully saturated rings. The Balaban J connectivity index is 1.98. The second kappa shape index (κ2) is 6.23. The zero-order chi connectivity index (χ0) is 14.5. The van der Waals surface area contributed by atoms with Crippen molar-refractivity contribution in [2.45, 2.75) is 26.7 Å². The average Bonchev–Trinajstić information content (AvgIpc) is 2.77. The Morgan fingerprint density at radius 1 is 1.35 bits per heavy atom. The molecular weight excluding hydrogens is 252 g/mol. The van der Waals surface area contributed by atoms with Gasteiger partial charge in [-0.3, -0.25) is 4.99 Å². The first-order valence-electron chi connectivity index (χ1n) is 6.62. The SMILES string of the molecule is Cc1noc(C)c1C(C)CN=C(N)Nc1ccccc1. The number of anilines is 1. The molecule has 5 nitrogen and oxygen atoms in total. The number of para-hydroxylation sites is 1. The van der Waals surface area contributed by atoms with Crippen LogP contribution >= 0.6 is 0 Å². The molecule has 0 radical (unpaired) electrons. The first-order valence-corrected chi connectivity index (χ1v) is 6.62. The molecule has 1 heterocycles. The molecule has 0 saturated carbocycles. The van der Waals surface area contributed by atoms with Gasteiger partial charge < -0.3 is 15.6 Å². The van der Waals surface area contributed by atoms with Gasteiger partial charge in [-0.15, -0.1) is 0 Å². The summed E-state index contributed by atoms with van der Waals surface area (Å²) < 4.78 is 5.17. The van der Waals surface area contributed by atoms with Crippen LogP contribution in [-0.2, 0) is 0 Å². The largest absolute Gasteiger partial charge is 0.370 e. The van der Waals surface area contributed by atoms with Crippen LogP contribution in [-0.4, -0.2) is 17.7 Å². The third-order valence-corrected chi connectivity index (χ3v) is 3.16. The van der Waals surface area contributed by atoms with E-state index >= 15 is 0 Å². The standard InChI is InChI=1S/C15H20N4O/c1-10(14-11(2)19-20-12(14)3)9-17-15(16)18-13-7-5-4-6-8-13/h4-8,10H,9H2,1-3H3,(H3,16,17,18). The Kier molecular flexibility index (Phi) is 4.40. The first kappa shape index (κ1) is 14.1. The Labute approximate surface area is 118 Å². The molecule has 0 aliphatic carbocycles. The maximum atomic E-state index is 5.88. The zero-order valence-corrected chi connectivity index (χ0v) is 12.1. The number of aromatic nitrogens is 1. The molecule has 0 bridgehead atoms. The van der Waals surface area contributed by atoms with Gasteiger partial charge in [0.1, 0.15) is 5.76 Å². The predicted octanol–water partition coefficient (Wildman–Crippen LogP) is 2.82. The number of nitrogens with two attached hydrogens (primary N) is 1. The lowest BCUT2D eigenvalue weighted by Gasteiger charge is -2.10. The molecule has 1 unspecified atom stereocenters. The molecule has 1 atom stereocenters. The summed E-state index contributed by atoms with van der Waals surface area (Å²) in [6, 6.07) is 9.74. The van der Waals surface area contributed by atoms with E-state index in [2.05, 4.69) is 22.4 Å². The lowest BCUT2D eigenvalue weighted by molar-refractivity contribution is 0.391. The van der Waals surface area contributed by atoms with Gasteiger partial charge in [-0.25, -0.2) is 0 Å². The van der Waals surface area contributed by atoms with E-state index < -0.39 is 0 Å². The number of nitrogens with zero attached hydrogens (tertiary/aromatic N) is 2. The van der Waals surface area contributed by atoms with E-state index in [0.717, 1.165) is 22.7 Å². The summed E-state index contributed by atoms with van der Waals surface area (Å²) in [6.45, 7) is 6.54. The van der Waals surface area contributed by atoms with Gasteiger partial charge in [-0.1, -0.05) is 30.3 Å². The van der Waals surface area contributed by atoms with Gasteiger partial charge in [0.2, 0.25) is 0 Å². The molecule has 3 N–H and O–H groups in total. The van der Waals surface area contributed by atoms with Gasteiger partial charge in [-0.2, -0.15) is 0 Å². The predicted molar refractivity (Wildman–Crippen MR) is 80.9 cm³/mol. The van der Waals surface area contributed by atoms with E-state index in [1.165, 1.54) is 0 Å². The number of aryl methyl sites for hydroxylation is 2. The fourth-order valence-corrected chi connectivity index (χ4v) is 2.23. The van der Waals surface area contributed by atoms with Gasteiger partial charge in [0.15, 0.2) is 5.96 Å². The molecule has 0 amide bonds. The van der Waals surface area contributed by atoms with Crippen molar-refractivity contribution in [1.82, 2.24) is 5.16 Å². The fraction of sp³-hybridized carbons (Fsp3) is 0.333. The molecule has 20 heavy (non-hydrogen) atoms. The van der Waals surface area contributed by atoms with Crippen molar-refractivity contribution >= 4 is 11.6 Å². The fourth-order valence-electron chi connectivity index (χ4n) is 2.23. The van der Waals surface area contributed by atoms with Crippen LogP contribution in [0.2, 0.25) is 0 Å². The van der Waals surface area contributed by atoms with Gasteiger partial charge >= 0.3 is 0 Å². The smallest absolute Gasteiger partial charge is 0.193 e. The number of guanidine groups is 1. The minimum atomic E-state index is 0.220. The summed E-state index contributed by atoms with van der Waals surface area (Å²) in [4.78, 5) is 4.37. The minimum Gasteiger partial charge on any atom is -0.370 e. The summed E-state index contributed by atoms with van der Waals surface area (Å²) >= 11 is 0. The highest BCUT2D eigenvalue weighted by Gasteiger charge is 2.15. The summed E-state index contributed by atoms with van der Waals surface area (Å²) in [5.74, 6) is 1.48. The molecule has 1 aromatic carbocycles. The molecule has 0 aliphatic rings. The van der Waals surface area contributed by atoms with Gasteiger partial charge in [0.25, 0.3) is 0 Å². The van der Waals surface area contributed by atoms with Crippen molar-refractivity contribution in [3.05, 3.63) is 47.3 Å². The average molecular weight is 272 g/mol. The van der Waals surface area contributed by atoms with Crippen LogP contribution in [0.15, 0.2) is 39.8 Å². The monoisotopic (exact) mass is 272 g/mol. The summed E-state index contributed by atoms with van der Waals surface area (Å²) in [7, 11) is 0. The third kappa shape index (κ3) is 3.38. The molecule has 0 aliphatic heterocycles. The molecule has 1 aromatic heterocycles. The summed E-state index contributed by atoms with van der Waals surface area (Å²) in [6.07, 6.45) is 0. The van der Waals surface area contributed by atoms with Gasteiger partial charge in [-0.05, 0) is 26.0 Å². The molecule has 0 spiro atoms. The van der Waals surface area contributed by atoms with Crippen LogP contribution in [0.4, 0.5) is 5.69 Å². The molecular formula is C15H20N4O. The van der Waals surface area contributed by atoms with E-state index in [0.29, 0.717) is 12.5 Å². The molecule has 0 saturated heterocycles. The van der Waals surface area contributed by atoms with Crippen LogP contribution in [0.5, 0.6) is 0 Å². The lowest BCUT2D eigenvalue weighted by Crippen LogP contribution is -2.23. The molecule has 5 heteroatoms. The Bertz CT molecular complexity index is 570. The Morgan fingerprint density at radius 2 is 2.05 bits per heavy atom. The third-order valence-electron chi connectivity index (χ3n) is 3.16. The van der Waals surface area contributed by atoms with E-state index in [1.807, 2.05) is 44.2 Å². The molecule has 2 aromatic rings. The summed E-state index contributed by atoms with van der Waals surface area (Å²) in [5.41, 5.74) is 8.84. The van der Waals surface area contributed by atoms with Crippen LogP contribution in [0.3, 0.4) is 0 Å². The van der Waals surface area contributed by atoms with E-state index in [9.17, 15) is 0 Å². The maximum Gasteiger partial charge on any atom is 0.193 e. The van der Waals surface area contributed by atoms with Crippen LogP contribution in [0.25, 0.3) is 0 Å². The quantitative estimate of drug-likeness (QED) is 0.663. The van der Waals surface area contributed by atoms with Crippen molar-refractivity contribution in [2.24, 2.45) is 10.7 Å². The molecule has 2 rings (SSSR count). The first-order chi connectivity index (χ1) is 9.58. The van der Waals surface area contributed by atoms with E-state index in [1.54, 1.807) is 0 Å². The highest BCUT2D eigenvalue weighted by atomic mass is 16.5. The van der Waals surface area contributed by atoms with Crippen molar-refractivity contribution < 1.29 is 4.52 Å². The highest BCUT2D eigenvalue weighted by Crippen LogP contribution is 2.23. The number of hydrogen-bond acceptors (Lipinski definition) is 3. The number of benzene rings is 1. The maximum absolute atomic E-state index is 5.88. The number of nitrogens with one attached hydrogen (secondary N) is 1. The van der Waals surface area contributed by atoms with E-state index in [-0.39, 0.29) is 5.92 Å². The minimum absolute atomic E-state index is 0.220. The van der Waals surface area contributed by atoms with Crippen LogP contribution < -0.4 is 11.1 Å². The number of rotatable bonds is 4. The molecule has 106 valence electrons. The number of hydrogen-bond donors (Lipinski definition) is 2. The summed E-state index contributed by atoms with van der Waals surface area (Å²) in [5, 5.41) is 7.02. The van der Waals surface area contributed by atoms with Gasteiger partial charge in [0, 0.05) is 23.7 Å². The zero-order valence-electron chi connectivity index (χ0n) is 12.1. The van der Waals surface area contributed by atoms with Crippen LogP contribution in [0.1, 0.15) is 29.9 Å². The second-order valence-electron chi connectivity index (χ2n) is 4.86. The normalized spacial score (nSPS) is 13.2. The van der Waals surface area contributed by atoms with Crippen molar-refractivity contribution in [1.29, 1.82) is 0 Å². The van der Waals surface area contributed by atoms with Crippen molar-refractivity contribution in [2.75, 3.05) is 11.9 Å². The topological polar surface area (TPSA) is 76.4 Å². The number of aliphatic imine (C=N–C) groups is 1. The lowest BCUT2D eigenvalue weighted by atomic mass is 10.00. The van der Waals surface area contributed by atoms with Crippen LogP contribution in [0, 0.1) is 13.8 Å². The van der Waals surface area contributed by atoms with E-state index in [4.69, 9.17) is 10.3 Å².